The van der Waals surface area contributed by atoms with Gasteiger partial charge in [0, 0.05) is 24.9 Å². The molecule has 26 heavy (non-hydrogen) atoms. The topological polar surface area (TPSA) is 52.7 Å². The van der Waals surface area contributed by atoms with E-state index in [0.717, 1.165) is 0 Å². The van der Waals surface area contributed by atoms with E-state index in [4.69, 9.17) is 11.6 Å². The second kappa shape index (κ2) is 6.75. The summed E-state index contributed by atoms with van der Waals surface area (Å²) in [5, 5.41) is 0.487. The van der Waals surface area contributed by atoms with Crippen LogP contribution in [0.15, 0.2) is 35.4 Å². The first-order valence-electron chi connectivity index (χ1n) is 7.91. The van der Waals surface area contributed by atoms with E-state index < -0.39 is 24.1 Å². The van der Waals surface area contributed by atoms with E-state index in [-0.39, 0.29) is 17.8 Å². The molecule has 2 aromatic heterocycles. The number of alkyl halides is 3. The third kappa shape index (κ3) is 3.75. The van der Waals surface area contributed by atoms with Crippen molar-refractivity contribution < 1.29 is 13.2 Å². The number of aryl methyl sites for hydroxylation is 1. The highest BCUT2D eigenvalue weighted by Crippen LogP contribution is 2.27. The standard InChI is InChI=1S/C17H16ClF3N4O/c1-10(8-17(19,20)21)7-13-23-15-14(22-9-24(15)2)16(26)25(13)12-5-3-11(18)4-6-12/h3-6,9-10H,7-8H2,1-2H3/t10-/m1/s1. The number of hydrogen-bond acceptors (Lipinski definition) is 3. The predicted molar refractivity (Wildman–Crippen MR) is 92.7 cm³/mol. The largest absolute Gasteiger partial charge is 0.389 e. The number of halogens is 4. The SMILES string of the molecule is C[C@H](Cc1nc2c(ncn2C)c(=O)n1-c1ccc(Cl)cc1)CC(F)(F)F. The fraction of sp³-hybridized carbons (Fsp3) is 0.353. The van der Waals surface area contributed by atoms with E-state index in [9.17, 15) is 18.0 Å². The first-order valence-corrected chi connectivity index (χ1v) is 8.29. The van der Waals surface area contributed by atoms with Crippen LogP contribution in [-0.2, 0) is 13.5 Å². The molecule has 2 heterocycles. The van der Waals surface area contributed by atoms with Gasteiger partial charge in [-0.3, -0.25) is 9.36 Å². The number of rotatable bonds is 4. The maximum atomic E-state index is 12.9. The van der Waals surface area contributed by atoms with Crippen molar-refractivity contribution in [3.8, 4) is 5.69 Å². The minimum absolute atomic E-state index is 0.00149. The fourth-order valence-electron chi connectivity index (χ4n) is 2.87. The molecule has 0 spiro atoms. The summed E-state index contributed by atoms with van der Waals surface area (Å²) in [5.74, 6) is -0.476. The molecule has 0 radical (unpaired) electrons. The number of nitrogens with zero attached hydrogens (tertiary/aromatic N) is 4. The summed E-state index contributed by atoms with van der Waals surface area (Å²) in [5.41, 5.74) is 0.560. The molecule has 0 unspecified atom stereocenters. The Hall–Kier alpha value is -2.35. The maximum Gasteiger partial charge on any atom is 0.389 e. The predicted octanol–water partition coefficient (Wildman–Crippen LogP) is 3.90. The summed E-state index contributed by atoms with van der Waals surface area (Å²) in [6.45, 7) is 1.49. The van der Waals surface area contributed by atoms with E-state index in [1.54, 1.807) is 35.9 Å². The third-order valence-corrected chi connectivity index (χ3v) is 4.25. The molecule has 3 aromatic rings. The smallest absolute Gasteiger partial charge is 0.318 e. The molecule has 0 bridgehead atoms. The van der Waals surface area contributed by atoms with Crippen LogP contribution in [0.5, 0.6) is 0 Å². The molecular formula is C17H16ClF3N4O. The van der Waals surface area contributed by atoms with Crippen LogP contribution in [0.25, 0.3) is 16.9 Å². The van der Waals surface area contributed by atoms with Crippen LogP contribution >= 0.6 is 11.6 Å². The highest BCUT2D eigenvalue weighted by atomic mass is 35.5. The molecule has 1 aromatic carbocycles. The zero-order valence-corrected chi connectivity index (χ0v) is 14.8. The van der Waals surface area contributed by atoms with E-state index in [1.807, 2.05) is 0 Å². The Morgan fingerprint density at radius 2 is 1.88 bits per heavy atom. The summed E-state index contributed by atoms with van der Waals surface area (Å²) in [7, 11) is 1.68. The normalized spacial score (nSPS) is 13.3. The van der Waals surface area contributed by atoms with Gasteiger partial charge in [-0.1, -0.05) is 18.5 Å². The van der Waals surface area contributed by atoms with Gasteiger partial charge in [0.25, 0.3) is 5.56 Å². The number of hydrogen-bond donors (Lipinski definition) is 0. The van der Waals surface area contributed by atoms with Gasteiger partial charge in [-0.2, -0.15) is 13.2 Å². The van der Waals surface area contributed by atoms with Gasteiger partial charge in [0.2, 0.25) is 0 Å². The first kappa shape index (κ1) is 18.4. The lowest BCUT2D eigenvalue weighted by Crippen LogP contribution is -2.26. The van der Waals surface area contributed by atoms with Crippen LogP contribution in [0.1, 0.15) is 19.2 Å². The van der Waals surface area contributed by atoms with Crippen LogP contribution in [0, 0.1) is 5.92 Å². The quantitative estimate of drug-likeness (QED) is 0.685. The van der Waals surface area contributed by atoms with Gasteiger partial charge in [0.1, 0.15) is 5.82 Å². The van der Waals surface area contributed by atoms with Gasteiger partial charge in [-0.15, -0.1) is 0 Å². The van der Waals surface area contributed by atoms with Crippen LogP contribution < -0.4 is 5.56 Å². The van der Waals surface area contributed by atoms with Gasteiger partial charge in [0.05, 0.1) is 12.0 Å². The van der Waals surface area contributed by atoms with Gasteiger partial charge >= 0.3 is 6.18 Å². The van der Waals surface area contributed by atoms with Crippen LogP contribution in [0.4, 0.5) is 13.2 Å². The lowest BCUT2D eigenvalue weighted by molar-refractivity contribution is -0.143. The monoisotopic (exact) mass is 384 g/mol. The molecule has 0 amide bonds. The van der Waals surface area contributed by atoms with Crippen molar-refractivity contribution in [2.24, 2.45) is 13.0 Å². The minimum Gasteiger partial charge on any atom is -0.318 e. The molecule has 0 aliphatic heterocycles. The van der Waals surface area contributed by atoms with Gasteiger partial charge in [-0.25, -0.2) is 9.97 Å². The number of benzene rings is 1. The Bertz CT molecular complexity index is 992. The Balaban J connectivity index is 2.15. The van der Waals surface area contributed by atoms with E-state index in [1.165, 1.54) is 17.8 Å². The highest BCUT2D eigenvalue weighted by molar-refractivity contribution is 6.30. The van der Waals surface area contributed by atoms with Gasteiger partial charge < -0.3 is 4.57 Å². The minimum atomic E-state index is -4.28. The Kier molecular flexibility index (Phi) is 4.79. The molecule has 9 heteroatoms. The number of fused-ring (bicyclic) bond motifs is 1. The van der Waals surface area contributed by atoms with E-state index >= 15 is 0 Å². The first-order chi connectivity index (χ1) is 12.2. The van der Waals surface area contributed by atoms with Crippen LogP contribution in [-0.4, -0.2) is 25.3 Å². The van der Waals surface area contributed by atoms with Crippen LogP contribution in [0.2, 0.25) is 5.02 Å². The van der Waals surface area contributed by atoms with Crippen molar-refractivity contribution in [1.82, 2.24) is 19.1 Å². The fourth-order valence-corrected chi connectivity index (χ4v) is 3.00. The lowest BCUT2D eigenvalue weighted by atomic mass is 10.0. The Morgan fingerprint density at radius 1 is 1.23 bits per heavy atom. The summed E-state index contributed by atoms with van der Waals surface area (Å²) < 4.78 is 41.0. The van der Waals surface area contributed by atoms with Crippen molar-refractivity contribution in [1.29, 1.82) is 0 Å². The molecule has 138 valence electrons. The Labute approximate surface area is 152 Å². The summed E-state index contributed by atoms with van der Waals surface area (Å²) in [6.07, 6.45) is -3.78. The van der Waals surface area contributed by atoms with Crippen molar-refractivity contribution in [3.05, 3.63) is 51.8 Å². The molecule has 1 atom stereocenters. The molecule has 0 N–H and O–H groups in total. The molecule has 3 rings (SSSR count). The summed E-state index contributed by atoms with van der Waals surface area (Å²) in [6, 6.07) is 6.46. The summed E-state index contributed by atoms with van der Waals surface area (Å²) in [4.78, 5) is 21.4. The second-order valence-electron chi connectivity index (χ2n) is 6.30. The molecule has 0 aliphatic carbocycles. The molecule has 0 fully saturated rings. The average Bonchev–Trinajstić information content (AvgIpc) is 2.89. The van der Waals surface area contributed by atoms with Crippen molar-refractivity contribution >= 4 is 22.8 Å². The second-order valence-corrected chi connectivity index (χ2v) is 6.74. The third-order valence-electron chi connectivity index (χ3n) is 4.00. The van der Waals surface area contributed by atoms with E-state index in [0.29, 0.717) is 16.4 Å². The molecular weight excluding hydrogens is 369 g/mol. The number of aromatic nitrogens is 4. The molecule has 0 saturated carbocycles. The zero-order valence-electron chi connectivity index (χ0n) is 14.1. The highest BCUT2D eigenvalue weighted by Gasteiger charge is 2.31. The molecule has 0 aliphatic rings. The van der Waals surface area contributed by atoms with Crippen molar-refractivity contribution in [2.45, 2.75) is 25.9 Å². The van der Waals surface area contributed by atoms with Crippen molar-refractivity contribution in [3.63, 3.8) is 0 Å². The van der Waals surface area contributed by atoms with Gasteiger partial charge in [-0.05, 0) is 30.2 Å². The maximum absolute atomic E-state index is 12.9. The zero-order chi connectivity index (χ0) is 19.1. The Morgan fingerprint density at radius 3 is 2.50 bits per heavy atom. The summed E-state index contributed by atoms with van der Waals surface area (Å²) >= 11 is 5.89. The van der Waals surface area contributed by atoms with Gasteiger partial charge in [0.15, 0.2) is 11.2 Å². The average molecular weight is 385 g/mol. The number of imidazole rings is 1. The van der Waals surface area contributed by atoms with E-state index in [2.05, 4.69) is 9.97 Å². The molecule has 0 saturated heterocycles. The van der Waals surface area contributed by atoms with Crippen molar-refractivity contribution in [2.75, 3.05) is 0 Å². The molecule has 5 nitrogen and oxygen atoms in total. The lowest BCUT2D eigenvalue weighted by Gasteiger charge is -2.17. The van der Waals surface area contributed by atoms with Crippen LogP contribution in [0.3, 0.4) is 0 Å².